The molecular weight excluding hydrogens is 444 g/mol. The van der Waals surface area contributed by atoms with Crippen LogP contribution >= 0.6 is 0 Å². The first-order chi connectivity index (χ1) is 17.0. The third-order valence-electron chi connectivity index (χ3n) is 7.97. The number of likely N-dealkylation sites (tertiary alicyclic amines) is 1. The Morgan fingerprint density at radius 3 is 2.26 bits per heavy atom. The smallest absolute Gasteiger partial charge is 0.407 e. The van der Waals surface area contributed by atoms with Gasteiger partial charge in [-0.25, -0.2) is 4.79 Å². The maximum atomic E-state index is 12.8. The molecule has 0 spiro atoms. The molecule has 2 aromatic rings. The van der Waals surface area contributed by atoms with Crippen LogP contribution in [-0.4, -0.2) is 53.2 Å². The number of nitrogens with one attached hydrogen (secondary N) is 1. The molecule has 7 heteroatoms. The molecule has 2 N–H and O–H groups in total. The number of amides is 2. The van der Waals surface area contributed by atoms with Crippen molar-refractivity contribution < 1.29 is 24.2 Å². The quantitative estimate of drug-likeness (QED) is 0.617. The number of hydrogen-bond acceptors (Lipinski definition) is 4. The number of ether oxygens (including phenoxy) is 1. The predicted molar refractivity (Wildman–Crippen MR) is 131 cm³/mol. The summed E-state index contributed by atoms with van der Waals surface area (Å²) in [5.74, 6) is -1.01. The summed E-state index contributed by atoms with van der Waals surface area (Å²) >= 11 is 0. The van der Waals surface area contributed by atoms with E-state index in [4.69, 9.17) is 4.74 Å². The van der Waals surface area contributed by atoms with Gasteiger partial charge in [-0.1, -0.05) is 55.5 Å². The molecule has 2 atom stereocenters. The van der Waals surface area contributed by atoms with E-state index >= 15 is 0 Å². The minimum Gasteiger partial charge on any atom is -0.481 e. The molecule has 1 heterocycles. The van der Waals surface area contributed by atoms with Crippen LogP contribution in [0.15, 0.2) is 48.5 Å². The van der Waals surface area contributed by atoms with Crippen molar-refractivity contribution in [1.82, 2.24) is 10.2 Å². The van der Waals surface area contributed by atoms with Crippen molar-refractivity contribution in [1.29, 1.82) is 0 Å². The van der Waals surface area contributed by atoms with Crippen molar-refractivity contribution in [3.63, 3.8) is 0 Å². The van der Waals surface area contributed by atoms with Crippen molar-refractivity contribution in [3.05, 3.63) is 59.7 Å². The van der Waals surface area contributed by atoms with Crippen LogP contribution in [0.3, 0.4) is 0 Å². The Labute approximate surface area is 205 Å². The van der Waals surface area contributed by atoms with Crippen LogP contribution in [0.5, 0.6) is 0 Å². The lowest BCUT2D eigenvalue weighted by molar-refractivity contribution is -0.143. The van der Waals surface area contributed by atoms with Crippen LogP contribution < -0.4 is 5.32 Å². The van der Waals surface area contributed by atoms with Gasteiger partial charge in [0.05, 0.1) is 5.92 Å². The zero-order valence-corrected chi connectivity index (χ0v) is 20.0. The molecule has 5 rings (SSSR count). The molecule has 1 aliphatic heterocycles. The number of carbonyl (C=O) groups is 3. The minimum absolute atomic E-state index is 0.00997. The topological polar surface area (TPSA) is 95.9 Å². The Morgan fingerprint density at radius 2 is 1.66 bits per heavy atom. The van der Waals surface area contributed by atoms with E-state index in [-0.39, 0.29) is 36.4 Å². The Balaban J connectivity index is 1.08. The molecule has 2 aliphatic carbocycles. The second kappa shape index (κ2) is 9.72. The van der Waals surface area contributed by atoms with Gasteiger partial charge >= 0.3 is 12.1 Å². The minimum atomic E-state index is -0.817. The van der Waals surface area contributed by atoms with Crippen LogP contribution in [-0.2, 0) is 14.3 Å². The van der Waals surface area contributed by atoms with Crippen LogP contribution in [0.2, 0.25) is 0 Å². The Kier molecular flexibility index (Phi) is 6.50. The maximum absolute atomic E-state index is 12.8. The lowest BCUT2D eigenvalue weighted by atomic mass is 9.78. The maximum Gasteiger partial charge on any atom is 0.407 e. The molecule has 7 nitrogen and oxygen atoms in total. The van der Waals surface area contributed by atoms with E-state index < -0.39 is 18.0 Å². The molecule has 2 fully saturated rings. The fourth-order valence-electron chi connectivity index (χ4n) is 6.15. The van der Waals surface area contributed by atoms with E-state index in [0.717, 1.165) is 12.8 Å². The van der Waals surface area contributed by atoms with E-state index in [1.807, 2.05) is 31.2 Å². The van der Waals surface area contributed by atoms with Gasteiger partial charge in [-0.15, -0.1) is 0 Å². The average Bonchev–Trinajstić information content (AvgIpc) is 3.41. The highest BCUT2D eigenvalue weighted by atomic mass is 16.5. The van der Waals surface area contributed by atoms with Crippen molar-refractivity contribution in [2.75, 3.05) is 13.2 Å². The highest BCUT2D eigenvalue weighted by molar-refractivity contribution is 5.80. The number of alkyl carbamates (subject to hydrolysis) is 1. The van der Waals surface area contributed by atoms with E-state index in [1.165, 1.54) is 22.3 Å². The summed E-state index contributed by atoms with van der Waals surface area (Å²) in [6, 6.07) is 16.3. The molecule has 2 amide bonds. The van der Waals surface area contributed by atoms with Gasteiger partial charge in [0, 0.05) is 31.0 Å². The molecule has 1 saturated heterocycles. The molecule has 1 saturated carbocycles. The fraction of sp³-hybridized carbons (Fsp3) is 0.464. The Bertz CT molecular complexity index is 1080. The van der Waals surface area contributed by atoms with Gasteiger partial charge in [-0.2, -0.15) is 0 Å². The first-order valence-electron chi connectivity index (χ1n) is 12.6. The first-order valence-corrected chi connectivity index (χ1v) is 12.6. The molecule has 2 aromatic carbocycles. The summed E-state index contributed by atoms with van der Waals surface area (Å²) in [7, 11) is 0. The highest BCUT2D eigenvalue weighted by Gasteiger charge is 2.41. The average molecular weight is 477 g/mol. The number of rotatable bonds is 7. The fourth-order valence-corrected chi connectivity index (χ4v) is 6.15. The van der Waals surface area contributed by atoms with Gasteiger partial charge in [0.1, 0.15) is 6.61 Å². The molecule has 3 aliphatic rings. The zero-order chi connectivity index (χ0) is 24.5. The molecule has 2 unspecified atom stereocenters. The lowest BCUT2D eigenvalue weighted by Gasteiger charge is -2.36. The van der Waals surface area contributed by atoms with E-state index in [0.29, 0.717) is 25.8 Å². The summed E-state index contributed by atoms with van der Waals surface area (Å²) in [6.07, 6.45) is 2.64. The summed E-state index contributed by atoms with van der Waals surface area (Å²) in [5, 5.41) is 12.3. The van der Waals surface area contributed by atoms with Gasteiger partial charge in [0.15, 0.2) is 0 Å². The summed E-state index contributed by atoms with van der Waals surface area (Å²) in [5.41, 5.74) is 4.76. The Morgan fingerprint density at radius 1 is 1.03 bits per heavy atom. The number of carboxylic acid groups (broad SMARTS) is 1. The van der Waals surface area contributed by atoms with Crippen LogP contribution in [0, 0.1) is 11.8 Å². The number of carbonyl (C=O) groups excluding carboxylic acids is 2. The number of fused-ring (bicyclic) bond motifs is 3. The van der Waals surface area contributed by atoms with Crippen molar-refractivity contribution >= 4 is 18.0 Å². The predicted octanol–water partition coefficient (Wildman–Crippen LogP) is 4.41. The molecule has 35 heavy (non-hydrogen) atoms. The van der Waals surface area contributed by atoms with Crippen LogP contribution in [0.25, 0.3) is 11.1 Å². The van der Waals surface area contributed by atoms with Crippen molar-refractivity contribution in [2.45, 2.75) is 57.0 Å². The van der Waals surface area contributed by atoms with E-state index in [2.05, 4.69) is 29.6 Å². The monoisotopic (exact) mass is 476 g/mol. The number of nitrogens with zero attached hydrogens (tertiary/aromatic N) is 1. The second-order valence-electron chi connectivity index (χ2n) is 10.0. The largest absolute Gasteiger partial charge is 0.481 e. The summed E-state index contributed by atoms with van der Waals surface area (Å²) in [6.45, 7) is 2.74. The number of aliphatic carboxylic acids is 1. The highest BCUT2D eigenvalue weighted by Crippen LogP contribution is 2.44. The number of carboxylic acids is 1. The molecular formula is C28H32N2O5. The molecule has 0 radical (unpaired) electrons. The van der Waals surface area contributed by atoms with Crippen molar-refractivity contribution in [2.24, 2.45) is 11.8 Å². The molecule has 184 valence electrons. The third kappa shape index (κ3) is 4.51. The van der Waals surface area contributed by atoms with Gasteiger partial charge in [0.2, 0.25) is 5.91 Å². The van der Waals surface area contributed by atoms with Crippen LogP contribution in [0.1, 0.15) is 56.1 Å². The number of benzene rings is 2. The number of hydrogen-bond donors (Lipinski definition) is 2. The van der Waals surface area contributed by atoms with E-state index in [1.54, 1.807) is 4.90 Å². The first kappa shape index (κ1) is 23.4. The lowest BCUT2D eigenvalue weighted by Crippen LogP contribution is -2.47. The van der Waals surface area contributed by atoms with Gasteiger partial charge in [-0.05, 0) is 53.9 Å². The normalized spacial score (nSPS) is 24.9. The summed E-state index contributed by atoms with van der Waals surface area (Å²) in [4.78, 5) is 38.5. The molecule has 0 bridgehead atoms. The standard InChI is InChI=1S/C28H32N2O5/c1-2-25-23(27(32)33)11-12-30(25)26(31)15-17-13-18(14-17)29-28(34)35-16-24-21-9-5-3-7-19(21)20-8-4-6-10-22(20)24/h3-10,17-18,23-25H,2,11-16H2,1H3,(H,29,34)(H,32,33). The summed E-state index contributed by atoms with van der Waals surface area (Å²) < 4.78 is 5.63. The third-order valence-corrected chi connectivity index (χ3v) is 7.97. The SMILES string of the molecule is CCC1C(C(=O)O)CCN1C(=O)CC1CC(NC(=O)OCC2c3ccccc3-c3ccccc32)C1. The molecule has 0 aromatic heterocycles. The van der Waals surface area contributed by atoms with Crippen molar-refractivity contribution in [3.8, 4) is 11.1 Å². The second-order valence-corrected chi connectivity index (χ2v) is 10.0. The Hall–Kier alpha value is -3.35. The zero-order valence-electron chi connectivity index (χ0n) is 20.0. The van der Waals surface area contributed by atoms with E-state index in [9.17, 15) is 19.5 Å². The van der Waals surface area contributed by atoms with Gasteiger partial charge in [0.25, 0.3) is 0 Å². The van der Waals surface area contributed by atoms with Crippen LogP contribution in [0.4, 0.5) is 4.79 Å². The van der Waals surface area contributed by atoms with Gasteiger partial charge < -0.3 is 20.1 Å². The van der Waals surface area contributed by atoms with Gasteiger partial charge in [-0.3, -0.25) is 9.59 Å².